The third-order valence-electron chi connectivity index (χ3n) is 1.69. The minimum atomic E-state index is -1.31. The van der Waals surface area contributed by atoms with Gasteiger partial charge >= 0.3 is 11.9 Å². The second kappa shape index (κ2) is 8.98. The Balaban J connectivity index is 0. The first kappa shape index (κ1) is 15.9. The molecule has 4 N–H and O–H groups in total. The van der Waals surface area contributed by atoms with Crippen molar-refractivity contribution in [3.05, 3.63) is 0 Å². The molecule has 0 heterocycles. The summed E-state index contributed by atoms with van der Waals surface area (Å²) < 4.78 is 0. The number of hydrogen-bond acceptors (Lipinski definition) is 3. The van der Waals surface area contributed by atoms with E-state index in [1.165, 1.54) is 0 Å². The molecule has 0 aliphatic rings. The first-order valence-electron chi connectivity index (χ1n) is 4.57. The van der Waals surface area contributed by atoms with Crippen molar-refractivity contribution in [2.24, 2.45) is 11.7 Å². The number of rotatable bonds is 5. The maximum Gasteiger partial charge on any atom is 0.314 e. The summed E-state index contributed by atoms with van der Waals surface area (Å²) in [5.41, 5.74) is 5.02. The van der Waals surface area contributed by atoms with Gasteiger partial charge < -0.3 is 15.9 Å². The SMILES string of the molecule is CCC(CC)C(N)=O.O=C(O)CC(=O)O. The molecule has 15 heavy (non-hydrogen) atoms. The summed E-state index contributed by atoms with van der Waals surface area (Å²) in [6.07, 6.45) is 0.928. The van der Waals surface area contributed by atoms with E-state index in [2.05, 4.69) is 0 Å². The molecule has 0 aromatic rings. The van der Waals surface area contributed by atoms with Gasteiger partial charge in [0.15, 0.2) is 0 Å². The topological polar surface area (TPSA) is 118 Å². The third-order valence-corrected chi connectivity index (χ3v) is 1.69. The van der Waals surface area contributed by atoms with Gasteiger partial charge in [-0.25, -0.2) is 0 Å². The molecule has 0 saturated carbocycles. The molecule has 0 aromatic heterocycles. The van der Waals surface area contributed by atoms with Crippen LogP contribution in [0.25, 0.3) is 0 Å². The molecular weight excluding hydrogens is 202 g/mol. The van der Waals surface area contributed by atoms with Crippen molar-refractivity contribution in [1.82, 2.24) is 0 Å². The van der Waals surface area contributed by atoms with Crippen molar-refractivity contribution in [2.45, 2.75) is 33.1 Å². The van der Waals surface area contributed by atoms with Crippen molar-refractivity contribution in [1.29, 1.82) is 0 Å². The lowest BCUT2D eigenvalue weighted by Crippen LogP contribution is -2.21. The smallest absolute Gasteiger partial charge is 0.314 e. The maximum atomic E-state index is 10.4. The van der Waals surface area contributed by atoms with Gasteiger partial charge in [0.1, 0.15) is 6.42 Å². The number of amides is 1. The van der Waals surface area contributed by atoms with Gasteiger partial charge in [-0.2, -0.15) is 0 Å². The molecule has 0 fully saturated rings. The van der Waals surface area contributed by atoms with Gasteiger partial charge in [-0.15, -0.1) is 0 Å². The molecule has 0 aliphatic carbocycles. The molecule has 6 heteroatoms. The average Bonchev–Trinajstić information content (AvgIpc) is 2.03. The van der Waals surface area contributed by atoms with Crippen LogP contribution in [-0.4, -0.2) is 28.1 Å². The van der Waals surface area contributed by atoms with Crippen LogP contribution in [0.15, 0.2) is 0 Å². The first-order valence-corrected chi connectivity index (χ1v) is 4.57. The lowest BCUT2D eigenvalue weighted by molar-refractivity contribution is -0.147. The summed E-state index contributed by atoms with van der Waals surface area (Å²) in [7, 11) is 0. The summed E-state index contributed by atoms with van der Waals surface area (Å²) >= 11 is 0. The van der Waals surface area contributed by atoms with E-state index >= 15 is 0 Å². The molecule has 0 bridgehead atoms. The number of hydrogen-bond donors (Lipinski definition) is 3. The Morgan fingerprint density at radius 1 is 1.07 bits per heavy atom. The second-order valence-corrected chi connectivity index (χ2v) is 2.88. The quantitative estimate of drug-likeness (QED) is 0.580. The highest BCUT2D eigenvalue weighted by Gasteiger charge is 2.07. The minimum absolute atomic E-state index is 0.0926. The zero-order valence-corrected chi connectivity index (χ0v) is 8.90. The van der Waals surface area contributed by atoms with E-state index in [1.54, 1.807) is 0 Å². The normalized spacial score (nSPS) is 9.00. The summed E-state index contributed by atoms with van der Waals surface area (Å²) in [5, 5.41) is 15.4. The van der Waals surface area contributed by atoms with Crippen LogP contribution < -0.4 is 5.73 Å². The van der Waals surface area contributed by atoms with E-state index in [0.717, 1.165) is 12.8 Å². The Morgan fingerprint density at radius 3 is 1.40 bits per heavy atom. The molecule has 0 aromatic carbocycles. The van der Waals surface area contributed by atoms with Gasteiger partial charge in [-0.1, -0.05) is 13.8 Å². The van der Waals surface area contributed by atoms with Crippen LogP contribution in [0.5, 0.6) is 0 Å². The number of primary amides is 1. The Labute approximate surface area is 88.1 Å². The molecule has 0 radical (unpaired) electrons. The molecule has 0 rings (SSSR count). The van der Waals surface area contributed by atoms with Crippen molar-refractivity contribution in [2.75, 3.05) is 0 Å². The van der Waals surface area contributed by atoms with Crippen LogP contribution in [0.4, 0.5) is 0 Å². The fourth-order valence-electron chi connectivity index (χ4n) is 0.820. The number of carboxylic acids is 2. The van der Waals surface area contributed by atoms with E-state index < -0.39 is 18.4 Å². The molecule has 1 amide bonds. The van der Waals surface area contributed by atoms with Crippen LogP contribution in [0.1, 0.15) is 33.1 Å². The van der Waals surface area contributed by atoms with Crippen molar-refractivity contribution in [3.63, 3.8) is 0 Å². The first-order chi connectivity index (χ1) is 6.84. The van der Waals surface area contributed by atoms with Gasteiger partial charge in [0.2, 0.25) is 5.91 Å². The summed E-state index contributed by atoms with van der Waals surface area (Å²) in [5.74, 6) is -2.70. The van der Waals surface area contributed by atoms with Gasteiger partial charge in [0, 0.05) is 5.92 Å². The average molecular weight is 219 g/mol. The zero-order valence-electron chi connectivity index (χ0n) is 8.90. The number of aliphatic carboxylic acids is 2. The molecule has 0 aliphatic heterocycles. The molecule has 88 valence electrons. The monoisotopic (exact) mass is 219 g/mol. The summed E-state index contributed by atoms with van der Waals surface area (Å²) in [4.78, 5) is 29.2. The molecule has 0 saturated heterocycles. The van der Waals surface area contributed by atoms with E-state index in [9.17, 15) is 14.4 Å². The molecule has 0 atom stereocenters. The summed E-state index contributed by atoms with van der Waals surface area (Å²) in [6, 6.07) is 0. The number of carbonyl (C=O) groups is 3. The van der Waals surface area contributed by atoms with Gasteiger partial charge in [-0.3, -0.25) is 14.4 Å². The van der Waals surface area contributed by atoms with E-state index in [4.69, 9.17) is 15.9 Å². The van der Waals surface area contributed by atoms with Crippen LogP contribution >= 0.6 is 0 Å². The largest absolute Gasteiger partial charge is 0.481 e. The lowest BCUT2D eigenvalue weighted by Gasteiger charge is -2.04. The fourth-order valence-corrected chi connectivity index (χ4v) is 0.820. The Kier molecular flexibility index (Phi) is 9.50. The molecular formula is C9H17NO5. The van der Waals surface area contributed by atoms with Gasteiger partial charge in [0.05, 0.1) is 0 Å². The predicted octanol–water partition coefficient (Wildman–Crippen LogP) is 0.454. The second-order valence-electron chi connectivity index (χ2n) is 2.88. The molecule has 6 nitrogen and oxygen atoms in total. The molecule has 0 unspecified atom stereocenters. The van der Waals surface area contributed by atoms with Crippen molar-refractivity contribution >= 4 is 17.8 Å². The van der Waals surface area contributed by atoms with E-state index in [0.29, 0.717) is 0 Å². The molecule has 0 spiro atoms. The lowest BCUT2D eigenvalue weighted by atomic mass is 10.0. The van der Waals surface area contributed by atoms with Crippen LogP contribution in [0, 0.1) is 5.92 Å². The number of carbonyl (C=O) groups excluding carboxylic acids is 1. The standard InChI is InChI=1S/C6H13NO.C3H4O4/c1-3-5(4-2)6(7)8;4-2(5)1-3(6)7/h5H,3-4H2,1-2H3,(H2,7,8);1H2,(H,4,5)(H,6,7). The summed E-state index contributed by atoms with van der Waals surface area (Å²) in [6.45, 7) is 3.94. The number of carboxylic acid groups (broad SMARTS) is 2. The fraction of sp³-hybridized carbons (Fsp3) is 0.667. The third kappa shape index (κ3) is 12.4. The maximum absolute atomic E-state index is 10.4. The van der Waals surface area contributed by atoms with Crippen molar-refractivity contribution < 1.29 is 24.6 Å². The Bertz CT molecular complexity index is 211. The van der Waals surface area contributed by atoms with E-state index in [1.807, 2.05) is 13.8 Å². The highest BCUT2D eigenvalue weighted by Crippen LogP contribution is 2.04. The van der Waals surface area contributed by atoms with E-state index in [-0.39, 0.29) is 11.8 Å². The van der Waals surface area contributed by atoms with Crippen molar-refractivity contribution in [3.8, 4) is 0 Å². The highest BCUT2D eigenvalue weighted by atomic mass is 16.4. The minimum Gasteiger partial charge on any atom is -0.481 e. The van der Waals surface area contributed by atoms with Crippen LogP contribution in [-0.2, 0) is 14.4 Å². The highest BCUT2D eigenvalue weighted by molar-refractivity contribution is 5.88. The van der Waals surface area contributed by atoms with Crippen LogP contribution in [0.3, 0.4) is 0 Å². The predicted molar refractivity (Wildman–Crippen MR) is 53.2 cm³/mol. The zero-order chi connectivity index (χ0) is 12.4. The Morgan fingerprint density at radius 2 is 1.40 bits per heavy atom. The van der Waals surface area contributed by atoms with Crippen LogP contribution in [0.2, 0.25) is 0 Å². The Hall–Kier alpha value is -1.59. The van der Waals surface area contributed by atoms with Gasteiger partial charge in [-0.05, 0) is 12.8 Å². The van der Waals surface area contributed by atoms with Gasteiger partial charge in [0.25, 0.3) is 0 Å². The number of nitrogens with two attached hydrogens (primary N) is 1.